The van der Waals surface area contributed by atoms with E-state index < -0.39 is 0 Å². The summed E-state index contributed by atoms with van der Waals surface area (Å²) in [4.78, 5) is 0. The van der Waals surface area contributed by atoms with Crippen molar-refractivity contribution in [3.8, 4) is 17.2 Å². The minimum Gasteiger partial charge on any atom is -0.192 e. The van der Waals surface area contributed by atoms with Crippen molar-refractivity contribution >= 4 is 15.9 Å². The molecule has 0 radical (unpaired) electrons. The van der Waals surface area contributed by atoms with Gasteiger partial charge in [0.15, 0.2) is 0 Å². The molecule has 2 rings (SSSR count). The fourth-order valence-electron chi connectivity index (χ4n) is 2.47. The van der Waals surface area contributed by atoms with E-state index >= 15 is 0 Å². The Balaban J connectivity index is 2.88. The minimum absolute atomic E-state index is 0.731. The van der Waals surface area contributed by atoms with Gasteiger partial charge in [-0.3, -0.25) is 0 Å². The molecule has 0 aliphatic heterocycles. The summed E-state index contributed by atoms with van der Waals surface area (Å²) in [6.45, 7) is 8.47. The van der Waals surface area contributed by atoms with Crippen LogP contribution in [0.4, 0.5) is 0 Å². The molecule has 1 nitrogen and oxygen atoms in total. The summed E-state index contributed by atoms with van der Waals surface area (Å²) in [6.07, 6.45) is 0. The molecular formula is C17H16BrN. The molecule has 0 amide bonds. The molecule has 0 spiro atoms. The van der Waals surface area contributed by atoms with E-state index in [2.05, 4.69) is 49.7 Å². The maximum absolute atomic E-state index is 9.30. The fourth-order valence-corrected chi connectivity index (χ4v) is 3.06. The quantitative estimate of drug-likeness (QED) is 0.708. The molecule has 0 unspecified atom stereocenters. The van der Waals surface area contributed by atoms with E-state index in [9.17, 15) is 5.26 Å². The summed E-state index contributed by atoms with van der Waals surface area (Å²) < 4.78 is 1.17. The lowest BCUT2D eigenvalue weighted by atomic mass is 9.88. The zero-order chi connectivity index (χ0) is 14.2. The molecule has 2 heteroatoms. The highest BCUT2D eigenvalue weighted by Gasteiger charge is 2.16. The zero-order valence-corrected chi connectivity index (χ0v) is 13.2. The van der Waals surface area contributed by atoms with Gasteiger partial charge in [0.05, 0.1) is 11.6 Å². The highest BCUT2D eigenvalue weighted by atomic mass is 79.9. The molecule has 96 valence electrons. The number of halogens is 1. The third-order valence-electron chi connectivity index (χ3n) is 3.85. The molecule has 0 fully saturated rings. The largest absolute Gasteiger partial charge is 0.192 e. The molecule has 2 aromatic carbocycles. The Morgan fingerprint density at radius 1 is 0.895 bits per heavy atom. The summed E-state index contributed by atoms with van der Waals surface area (Å²) in [7, 11) is 0. The Labute approximate surface area is 123 Å². The van der Waals surface area contributed by atoms with E-state index in [1.807, 2.05) is 24.3 Å². The van der Waals surface area contributed by atoms with E-state index in [0.717, 1.165) is 11.1 Å². The molecule has 0 aromatic heterocycles. The van der Waals surface area contributed by atoms with Crippen molar-refractivity contribution in [3.05, 3.63) is 56.6 Å². The van der Waals surface area contributed by atoms with Crippen molar-refractivity contribution < 1.29 is 0 Å². The van der Waals surface area contributed by atoms with Crippen LogP contribution in [0.5, 0.6) is 0 Å². The first-order valence-corrected chi connectivity index (χ1v) is 7.03. The Hall–Kier alpha value is -1.59. The molecule has 0 saturated heterocycles. The van der Waals surface area contributed by atoms with E-state index in [4.69, 9.17) is 0 Å². The lowest BCUT2D eigenvalue weighted by Crippen LogP contribution is -1.98. The van der Waals surface area contributed by atoms with Crippen molar-refractivity contribution in [1.29, 1.82) is 5.26 Å². The number of hydrogen-bond acceptors (Lipinski definition) is 1. The van der Waals surface area contributed by atoms with Gasteiger partial charge in [-0.2, -0.15) is 5.26 Å². The van der Waals surface area contributed by atoms with Crippen LogP contribution in [0, 0.1) is 39.0 Å². The number of nitriles is 1. The van der Waals surface area contributed by atoms with Gasteiger partial charge < -0.3 is 0 Å². The monoisotopic (exact) mass is 313 g/mol. The number of rotatable bonds is 1. The van der Waals surface area contributed by atoms with Gasteiger partial charge >= 0.3 is 0 Å². The summed E-state index contributed by atoms with van der Waals surface area (Å²) in [5, 5.41) is 9.30. The average molecular weight is 314 g/mol. The Kier molecular flexibility index (Phi) is 3.78. The molecule has 0 saturated carbocycles. The van der Waals surface area contributed by atoms with Gasteiger partial charge in [0, 0.05) is 4.47 Å². The lowest BCUT2D eigenvalue weighted by molar-refractivity contribution is 1.22. The van der Waals surface area contributed by atoms with Crippen molar-refractivity contribution in [2.45, 2.75) is 27.7 Å². The predicted octanol–water partition coefficient (Wildman–Crippen LogP) is 5.22. The van der Waals surface area contributed by atoms with E-state index in [-0.39, 0.29) is 0 Å². The fraction of sp³-hybridized carbons (Fsp3) is 0.235. The van der Waals surface area contributed by atoms with Crippen LogP contribution < -0.4 is 0 Å². The second-order valence-electron chi connectivity index (χ2n) is 4.85. The maximum Gasteiger partial charge on any atom is 0.0998 e. The van der Waals surface area contributed by atoms with Gasteiger partial charge in [0.1, 0.15) is 0 Å². The van der Waals surface area contributed by atoms with Crippen LogP contribution in [0.2, 0.25) is 0 Å². The Bertz CT molecular complexity index is 664. The van der Waals surface area contributed by atoms with Gasteiger partial charge in [0.2, 0.25) is 0 Å². The molecule has 2 aromatic rings. The first kappa shape index (κ1) is 13.8. The van der Waals surface area contributed by atoms with Crippen LogP contribution >= 0.6 is 15.9 Å². The molecule has 0 aliphatic carbocycles. The lowest BCUT2D eigenvalue weighted by Gasteiger charge is -2.18. The first-order chi connectivity index (χ1) is 8.99. The average Bonchev–Trinajstić information content (AvgIpc) is 2.44. The van der Waals surface area contributed by atoms with Gasteiger partial charge in [-0.1, -0.05) is 34.1 Å². The van der Waals surface area contributed by atoms with E-state index in [1.165, 1.54) is 32.3 Å². The Morgan fingerprint density at radius 3 is 1.95 bits per heavy atom. The van der Waals surface area contributed by atoms with Crippen LogP contribution in [0.15, 0.2) is 28.7 Å². The molecule has 0 aliphatic rings. The molecule has 0 heterocycles. The van der Waals surface area contributed by atoms with Gasteiger partial charge in [0.25, 0.3) is 0 Å². The molecule has 0 N–H and O–H groups in total. The first-order valence-electron chi connectivity index (χ1n) is 6.24. The third kappa shape index (κ3) is 2.19. The smallest absolute Gasteiger partial charge is 0.0998 e. The minimum atomic E-state index is 0.731. The summed E-state index contributed by atoms with van der Waals surface area (Å²) in [6, 6.07) is 10.1. The zero-order valence-electron chi connectivity index (χ0n) is 11.6. The molecule has 19 heavy (non-hydrogen) atoms. The van der Waals surface area contributed by atoms with Crippen molar-refractivity contribution in [3.63, 3.8) is 0 Å². The maximum atomic E-state index is 9.30. The summed E-state index contributed by atoms with van der Waals surface area (Å²) >= 11 is 3.66. The van der Waals surface area contributed by atoms with Crippen molar-refractivity contribution in [2.24, 2.45) is 0 Å². The second-order valence-corrected chi connectivity index (χ2v) is 5.64. The Morgan fingerprint density at radius 2 is 1.42 bits per heavy atom. The van der Waals surface area contributed by atoms with E-state index in [1.54, 1.807) is 0 Å². The van der Waals surface area contributed by atoms with Crippen LogP contribution in [0.1, 0.15) is 27.8 Å². The highest BCUT2D eigenvalue weighted by molar-refractivity contribution is 9.10. The van der Waals surface area contributed by atoms with Crippen LogP contribution in [-0.4, -0.2) is 0 Å². The second kappa shape index (κ2) is 5.19. The summed E-state index contributed by atoms with van der Waals surface area (Å²) in [5.74, 6) is 0. The van der Waals surface area contributed by atoms with Gasteiger partial charge in [-0.25, -0.2) is 0 Å². The van der Waals surface area contributed by atoms with Crippen molar-refractivity contribution in [1.82, 2.24) is 0 Å². The number of hydrogen-bond donors (Lipinski definition) is 0. The summed E-state index contributed by atoms with van der Waals surface area (Å²) in [5.41, 5.74) is 7.90. The number of nitrogens with zero attached hydrogens (tertiary/aromatic N) is 1. The molecule has 0 bridgehead atoms. The van der Waals surface area contributed by atoms with Crippen molar-refractivity contribution in [2.75, 3.05) is 0 Å². The SMILES string of the molecule is Cc1c(C)c(-c2ccccc2C#N)c(C)c(C)c1Br. The standard InChI is InChI=1S/C17H16BrN/c1-10-12(3)17(18)13(4)11(2)16(10)15-8-6-5-7-14(15)9-19/h5-8H,1-4H3. The highest BCUT2D eigenvalue weighted by Crippen LogP contribution is 2.37. The van der Waals surface area contributed by atoms with Crippen LogP contribution in [0.3, 0.4) is 0 Å². The normalized spacial score (nSPS) is 10.3. The number of benzene rings is 2. The third-order valence-corrected chi connectivity index (χ3v) is 5.04. The molecule has 0 atom stereocenters. The van der Waals surface area contributed by atoms with Crippen LogP contribution in [0.25, 0.3) is 11.1 Å². The predicted molar refractivity (Wildman–Crippen MR) is 83.2 cm³/mol. The topological polar surface area (TPSA) is 23.8 Å². The van der Waals surface area contributed by atoms with Gasteiger partial charge in [-0.15, -0.1) is 0 Å². The van der Waals surface area contributed by atoms with Crippen LogP contribution in [-0.2, 0) is 0 Å². The van der Waals surface area contributed by atoms with E-state index in [0.29, 0.717) is 0 Å². The molecular weight excluding hydrogens is 298 g/mol. The van der Waals surface area contributed by atoms with Gasteiger partial charge in [-0.05, 0) is 67.1 Å².